The van der Waals surface area contributed by atoms with Gasteiger partial charge in [-0.3, -0.25) is 4.99 Å². The Morgan fingerprint density at radius 3 is 2.60 bits per heavy atom. The molecule has 20 heavy (non-hydrogen) atoms. The third kappa shape index (κ3) is 3.08. The van der Waals surface area contributed by atoms with Crippen molar-refractivity contribution in [2.45, 2.75) is 26.3 Å². The summed E-state index contributed by atoms with van der Waals surface area (Å²) < 4.78 is 1.68. The van der Waals surface area contributed by atoms with Crippen LogP contribution in [0.1, 0.15) is 25.1 Å². The van der Waals surface area contributed by atoms with Crippen LogP contribution in [0.2, 0.25) is 5.15 Å². The van der Waals surface area contributed by atoms with Crippen molar-refractivity contribution in [2.24, 2.45) is 4.99 Å². The molecule has 0 aliphatic carbocycles. The number of halogens is 1. The van der Waals surface area contributed by atoms with Gasteiger partial charge in [-0.25, -0.2) is 4.68 Å². The molecule has 2 rings (SSSR count). The summed E-state index contributed by atoms with van der Waals surface area (Å²) in [5.74, 6) is 0. The van der Waals surface area contributed by atoms with E-state index in [1.807, 2.05) is 51.1 Å². The zero-order valence-electron chi connectivity index (χ0n) is 11.8. The normalized spacial score (nSPS) is 12.2. The molecule has 0 saturated carbocycles. The Labute approximate surface area is 123 Å². The van der Waals surface area contributed by atoms with Gasteiger partial charge in [0, 0.05) is 6.21 Å². The highest BCUT2D eigenvalue weighted by Crippen LogP contribution is 2.22. The van der Waals surface area contributed by atoms with Gasteiger partial charge in [-0.1, -0.05) is 29.8 Å². The van der Waals surface area contributed by atoms with E-state index >= 15 is 0 Å². The molecule has 2 aromatic rings. The average Bonchev–Trinajstić information content (AvgIpc) is 2.73. The summed E-state index contributed by atoms with van der Waals surface area (Å²) in [6, 6.07) is 9.70. The molecule has 4 nitrogen and oxygen atoms in total. The lowest BCUT2D eigenvalue weighted by molar-refractivity contribution is 0.223. The van der Waals surface area contributed by atoms with E-state index in [-0.39, 0.29) is 6.61 Å². The highest BCUT2D eigenvalue weighted by atomic mass is 35.5. The van der Waals surface area contributed by atoms with Crippen molar-refractivity contribution >= 4 is 17.8 Å². The first kappa shape index (κ1) is 14.8. The lowest BCUT2D eigenvalue weighted by atomic mass is 10.1. The highest BCUT2D eigenvalue weighted by Gasteiger charge is 2.16. The van der Waals surface area contributed by atoms with Crippen LogP contribution in [0.5, 0.6) is 0 Å². The Balaban J connectivity index is 2.40. The van der Waals surface area contributed by atoms with E-state index in [0.29, 0.717) is 5.15 Å². The van der Waals surface area contributed by atoms with Crippen molar-refractivity contribution < 1.29 is 5.11 Å². The van der Waals surface area contributed by atoms with Crippen LogP contribution in [0.25, 0.3) is 5.69 Å². The maximum Gasteiger partial charge on any atom is 0.141 e. The van der Waals surface area contributed by atoms with Gasteiger partial charge in [0.2, 0.25) is 0 Å². The SMILES string of the molecule is Cc1nn(-c2ccccc2)c(Cl)c1C=NC(C)(C)CO. The minimum absolute atomic E-state index is 0.0208. The zero-order chi connectivity index (χ0) is 14.8. The molecular weight excluding hydrogens is 274 g/mol. The van der Waals surface area contributed by atoms with E-state index in [0.717, 1.165) is 16.9 Å². The molecule has 0 spiro atoms. The summed E-state index contributed by atoms with van der Waals surface area (Å²) in [6.07, 6.45) is 1.68. The Morgan fingerprint density at radius 2 is 2.00 bits per heavy atom. The van der Waals surface area contributed by atoms with Crippen molar-refractivity contribution in [3.8, 4) is 5.69 Å². The van der Waals surface area contributed by atoms with Crippen LogP contribution in [-0.4, -0.2) is 33.2 Å². The van der Waals surface area contributed by atoms with E-state index in [1.165, 1.54) is 0 Å². The molecule has 0 atom stereocenters. The Kier molecular flexibility index (Phi) is 4.26. The number of para-hydroxylation sites is 1. The molecule has 0 unspecified atom stereocenters. The summed E-state index contributed by atoms with van der Waals surface area (Å²) >= 11 is 6.38. The van der Waals surface area contributed by atoms with Crippen molar-refractivity contribution in [2.75, 3.05) is 6.61 Å². The smallest absolute Gasteiger partial charge is 0.141 e. The number of hydrogen-bond acceptors (Lipinski definition) is 3. The second-order valence-electron chi connectivity index (χ2n) is 5.27. The second kappa shape index (κ2) is 5.77. The first-order valence-electron chi connectivity index (χ1n) is 6.41. The number of rotatable bonds is 4. The van der Waals surface area contributed by atoms with Crippen molar-refractivity contribution in [3.63, 3.8) is 0 Å². The van der Waals surface area contributed by atoms with Crippen LogP contribution in [0.15, 0.2) is 35.3 Å². The summed E-state index contributed by atoms with van der Waals surface area (Å²) in [4.78, 5) is 4.36. The van der Waals surface area contributed by atoms with E-state index in [4.69, 9.17) is 11.6 Å². The predicted molar refractivity (Wildman–Crippen MR) is 82.1 cm³/mol. The van der Waals surface area contributed by atoms with Gasteiger partial charge in [0.05, 0.1) is 29.1 Å². The summed E-state index contributed by atoms with van der Waals surface area (Å²) in [7, 11) is 0. The number of aliphatic hydroxyl groups excluding tert-OH is 1. The topological polar surface area (TPSA) is 50.4 Å². The first-order chi connectivity index (χ1) is 9.44. The Hall–Kier alpha value is -1.65. The summed E-state index contributed by atoms with van der Waals surface area (Å²) in [5.41, 5.74) is 1.96. The number of aromatic nitrogens is 2. The van der Waals surface area contributed by atoms with E-state index in [9.17, 15) is 5.11 Å². The molecule has 0 radical (unpaired) electrons. The average molecular weight is 292 g/mol. The van der Waals surface area contributed by atoms with Gasteiger partial charge >= 0.3 is 0 Å². The molecule has 106 valence electrons. The van der Waals surface area contributed by atoms with E-state index in [1.54, 1.807) is 10.9 Å². The number of benzene rings is 1. The molecule has 0 fully saturated rings. The molecular formula is C15H18ClN3O. The predicted octanol–water partition coefficient (Wildman–Crippen LogP) is 3.02. The monoisotopic (exact) mass is 291 g/mol. The van der Waals surface area contributed by atoms with Crippen LogP contribution in [0.4, 0.5) is 0 Å². The van der Waals surface area contributed by atoms with Crippen LogP contribution in [0, 0.1) is 6.92 Å². The molecule has 0 amide bonds. The van der Waals surface area contributed by atoms with Crippen LogP contribution in [0.3, 0.4) is 0 Å². The molecule has 1 aromatic heterocycles. The molecule has 5 heteroatoms. The molecule has 1 heterocycles. The van der Waals surface area contributed by atoms with Gasteiger partial charge in [0.1, 0.15) is 5.15 Å². The fourth-order valence-corrected chi connectivity index (χ4v) is 2.00. The van der Waals surface area contributed by atoms with Gasteiger partial charge in [-0.2, -0.15) is 5.10 Å². The summed E-state index contributed by atoms with van der Waals surface area (Å²) in [6.45, 7) is 5.58. The standard InChI is InChI=1S/C15H18ClN3O/c1-11-13(9-17-15(2,3)10-20)14(16)19(18-11)12-7-5-4-6-8-12/h4-9,20H,10H2,1-3H3. The molecule has 0 saturated heterocycles. The number of aliphatic imine (C=N–C) groups is 1. The van der Waals surface area contributed by atoms with Crippen LogP contribution >= 0.6 is 11.6 Å². The molecule has 0 aliphatic heterocycles. The molecule has 1 N–H and O–H groups in total. The van der Waals surface area contributed by atoms with Crippen LogP contribution in [-0.2, 0) is 0 Å². The third-order valence-electron chi connectivity index (χ3n) is 2.98. The third-order valence-corrected chi connectivity index (χ3v) is 3.34. The van der Waals surface area contributed by atoms with Gasteiger partial charge < -0.3 is 5.11 Å². The highest BCUT2D eigenvalue weighted by molar-refractivity contribution is 6.32. The lowest BCUT2D eigenvalue weighted by Gasteiger charge is -2.14. The minimum atomic E-state index is -0.523. The van der Waals surface area contributed by atoms with Crippen molar-refractivity contribution in [1.82, 2.24) is 9.78 Å². The first-order valence-corrected chi connectivity index (χ1v) is 6.79. The zero-order valence-corrected chi connectivity index (χ0v) is 12.6. The lowest BCUT2D eigenvalue weighted by Crippen LogP contribution is -2.22. The van der Waals surface area contributed by atoms with Gasteiger partial charge in [0.25, 0.3) is 0 Å². The van der Waals surface area contributed by atoms with Crippen molar-refractivity contribution in [1.29, 1.82) is 0 Å². The van der Waals surface area contributed by atoms with Crippen LogP contribution < -0.4 is 0 Å². The maximum atomic E-state index is 9.23. The van der Waals surface area contributed by atoms with Gasteiger partial charge in [-0.15, -0.1) is 0 Å². The fraction of sp³-hybridized carbons (Fsp3) is 0.333. The van der Waals surface area contributed by atoms with Gasteiger partial charge in [-0.05, 0) is 32.9 Å². The quantitative estimate of drug-likeness (QED) is 0.880. The van der Waals surface area contributed by atoms with Gasteiger partial charge in [0.15, 0.2) is 0 Å². The number of aliphatic hydroxyl groups is 1. The fourth-order valence-electron chi connectivity index (χ4n) is 1.68. The molecule has 0 aliphatic rings. The maximum absolute atomic E-state index is 9.23. The Bertz CT molecular complexity index is 618. The number of aryl methyl sites for hydroxylation is 1. The largest absolute Gasteiger partial charge is 0.394 e. The van der Waals surface area contributed by atoms with E-state index < -0.39 is 5.54 Å². The second-order valence-corrected chi connectivity index (χ2v) is 5.62. The molecule has 0 bridgehead atoms. The minimum Gasteiger partial charge on any atom is -0.394 e. The van der Waals surface area contributed by atoms with Crippen molar-refractivity contribution in [3.05, 3.63) is 46.7 Å². The molecule has 1 aromatic carbocycles. The Morgan fingerprint density at radius 1 is 1.35 bits per heavy atom. The summed E-state index contributed by atoms with van der Waals surface area (Å²) in [5, 5.41) is 14.2. The van der Waals surface area contributed by atoms with E-state index in [2.05, 4.69) is 10.1 Å². The number of nitrogens with zero attached hydrogens (tertiary/aromatic N) is 3. The number of hydrogen-bond donors (Lipinski definition) is 1.